The minimum Gasteiger partial charge on any atom is -0.355 e. The smallest absolute Gasteiger partial charge is 0.0465 e. The first kappa shape index (κ1) is 9.46. The average Bonchev–Trinajstić information content (AvgIpc) is 2.68. The van der Waals surface area contributed by atoms with E-state index in [9.17, 15) is 0 Å². The van der Waals surface area contributed by atoms with E-state index >= 15 is 0 Å². The SMILES string of the molecule is CCCc1ccc2[nH]c3ccccc3c2c1. The molecule has 16 heavy (non-hydrogen) atoms. The first-order valence-electron chi connectivity index (χ1n) is 5.88. The molecule has 0 bridgehead atoms. The van der Waals surface area contributed by atoms with Crippen molar-refractivity contribution in [2.24, 2.45) is 0 Å². The molecule has 0 saturated heterocycles. The third-order valence-electron chi connectivity index (χ3n) is 3.11. The maximum Gasteiger partial charge on any atom is 0.0465 e. The number of aromatic nitrogens is 1. The van der Waals surface area contributed by atoms with Gasteiger partial charge in [0.2, 0.25) is 0 Å². The highest BCUT2D eigenvalue weighted by atomic mass is 14.7. The molecule has 2 aromatic carbocycles. The van der Waals surface area contributed by atoms with E-state index in [1.54, 1.807) is 0 Å². The van der Waals surface area contributed by atoms with Crippen molar-refractivity contribution >= 4 is 21.8 Å². The molecule has 1 nitrogen and oxygen atoms in total. The third kappa shape index (κ3) is 1.40. The molecular weight excluding hydrogens is 194 g/mol. The van der Waals surface area contributed by atoms with Crippen LogP contribution in [0.15, 0.2) is 42.5 Å². The van der Waals surface area contributed by atoms with E-state index in [0.29, 0.717) is 0 Å². The summed E-state index contributed by atoms with van der Waals surface area (Å²) in [5.74, 6) is 0. The van der Waals surface area contributed by atoms with Crippen LogP contribution in [0.2, 0.25) is 0 Å². The van der Waals surface area contributed by atoms with Gasteiger partial charge in [-0.1, -0.05) is 37.6 Å². The van der Waals surface area contributed by atoms with Gasteiger partial charge >= 0.3 is 0 Å². The lowest BCUT2D eigenvalue weighted by Crippen LogP contribution is -1.81. The second-order valence-electron chi connectivity index (χ2n) is 4.30. The minimum absolute atomic E-state index is 1.16. The number of aromatic amines is 1. The predicted octanol–water partition coefficient (Wildman–Crippen LogP) is 4.27. The Bertz CT molecular complexity index is 634. The minimum atomic E-state index is 1.16. The highest BCUT2D eigenvalue weighted by Crippen LogP contribution is 2.26. The lowest BCUT2D eigenvalue weighted by molar-refractivity contribution is 0.924. The molecule has 0 amide bonds. The molecule has 0 aliphatic heterocycles. The van der Waals surface area contributed by atoms with Crippen LogP contribution >= 0.6 is 0 Å². The van der Waals surface area contributed by atoms with Crippen LogP contribution in [0.3, 0.4) is 0 Å². The van der Waals surface area contributed by atoms with E-state index < -0.39 is 0 Å². The Balaban J connectivity index is 2.31. The van der Waals surface area contributed by atoms with E-state index in [0.717, 1.165) is 6.42 Å². The van der Waals surface area contributed by atoms with Crippen molar-refractivity contribution in [2.75, 3.05) is 0 Å². The van der Waals surface area contributed by atoms with Gasteiger partial charge in [0, 0.05) is 21.8 Å². The number of hydrogen-bond acceptors (Lipinski definition) is 0. The van der Waals surface area contributed by atoms with Crippen LogP contribution in [-0.2, 0) is 6.42 Å². The van der Waals surface area contributed by atoms with Gasteiger partial charge in [0.1, 0.15) is 0 Å². The Morgan fingerprint density at radius 1 is 0.938 bits per heavy atom. The van der Waals surface area contributed by atoms with Gasteiger partial charge in [0.15, 0.2) is 0 Å². The van der Waals surface area contributed by atoms with E-state index in [1.807, 2.05) is 0 Å². The molecule has 0 fully saturated rings. The van der Waals surface area contributed by atoms with Gasteiger partial charge in [-0.2, -0.15) is 0 Å². The molecule has 0 atom stereocenters. The van der Waals surface area contributed by atoms with Crippen molar-refractivity contribution in [3.05, 3.63) is 48.0 Å². The molecule has 3 aromatic rings. The predicted molar refractivity (Wildman–Crippen MR) is 69.8 cm³/mol. The zero-order chi connectivity index (χ0) is 11.0. The number of rotatable bonds is 2. The lowest BCUT2D eigenvalue weighted by Gasteiger charge is -1.98. The maximum atomic E-state index is 3.45. The summed E-state index contributed by atoms with van der Waals surface area (Å²) in [6.45, 7) is 2.22. The van der Waals surface area contributed by atoms with E-state index in [-0.39, 0.29) is 0 Å². The number of H-pyrrole nitrogens is 1. The number of fused-ring (bicyclic) bond motifs is 3. The largest absolute Gasteiger partial charge is 0.355 e. The fourth-order valence-corrected chi connectivity index (χ4v) is 2.34. The molecule has 0 spiro atoms. The van der Waals surface area contributed by atoms with Gasteiger partial charge in [-0.3, -0.25) is 0 Å². The summed E-state index contributed by atoms with van der Waals surface area (Å²) in [4.78, 5) is 3.45. The molecule has 80 valence electrons. The number of benzene rings is 2. The van der Waals surface area contributed by atoms with Crippen molar-refractivity contribution in [3.8, 4) is 0 Å². The maximum absolute atomic E-state index is 3.45. The van der Waals surface area contributed by atoms with Crippen LogP contribution in [0.4, 0.5) is 0 Å². The van der Waals surface area contributed by atoms with Gasteiger partial charge in [-0.15, -0.1) is 0 Å². The summed E-state index contributed by atoms with van der Waals surface area (Å²) >= 11 is 0. The normalized spacial score (nSPS) is 11.3. The van der Waals surface area contributed by atoms with E-state index in [2.05, 4.69) is 54.4 Å². The van der Waals surface area contributed by atoms with Crippen LogP contribution in [0.1, 0.15) is 18.9 Å². The molecular formula is C15H15N. The van der Waals surface area contributed by atoms with Crippen LogP contribution in [-0.4, -0.2) is 4.98 Å². The van der Waals surface area contributed by atoms with Crippen LogP contribution in [0.25, 0.3) is 21.8 Å². The Morgan fingerprint density at radius 2 is 1.75 bits per heavy atom. The van der Waals surface area contributed by atoms with Gasteiger partial charge in [0.25, 0.3) is 0 Å². The third-order valence-corrected chi connectivity index (χ3v) is 3.11. The zero-order valence-corrected chi connectivity index (χ0v) is 9.46. The lowest BCUT2D eigenvalue weighted by atomic mass is 10.1. The van der Waals surface area contributed by atoms with Gasteiger partial charge in [0.05, 0.1) is 0 Å². The molecule has 3 rings (SSSR count). The summed E-state index contributed by atoms with van der Waals surface area (Å²) in [6, 6.07) is 15.2. The first-order valence-corrected chi connectivity index (χ1v) is 5.88. The highest BCUT2D eigenvalue weighted by Gasteiger charge is 2.03. The zero-order valence-electron chi connectivity index (χ0n) is 9.46. The van der Waals surface area contributed by atoms with E-state index in [4.69, 9.17) is 0 Å². The number of hydrogen-bond donors (Lipinski definition) is 1. The Morgan fingerprint density at radius 3 is 2.62 bits per heavy atom. The average molecular weight is 209 g/mol. The Kier molecular flexibility index (Phi) is 2.17. The van der Waals surface area contributed by atoms with Crippen molar-refractivity contribution in [1.29, 1.82) is 0 Å². The number of nitrogens with one attached hydrogen (secondary N) is 1. The molecule has 1 N–H and O–H groups in total. The second-order valence-corrected chi connectivity index (χ2v) is 4.30. The highest BCUT2D eigenvalue weighted by molar-refractivity contribution is 6.07. The van der Waals surface area contributed by atoms with Crippen LogP contribution < -0.4 is 0 Å². The standard InChI is InChI=1S/C15H15N/c1-2-5-11-8-9-15-13(10-11)12-6-3-4-7-14(12)16-15/h3-4,6-10,16H,2,5H2,1H3. The molecule has 0 aliphatic rings. The molecule has 1 aromatic heterocycles. The molecule has 0 saturated carbocycles. The van der Waals surface area contributed by atoms with Crippen molar-refractivity contribution in [1.82, 2.24) is 4.98 Å². The summed E-state index contributed by atoms with van der Waals surface area (Å²) in [6.07, 6.45) is 2.36. The molecule has 1 heterocycles. The number of para-hydroxylation sites is 1. The topological polar surface area (TPSA) is 15.8 Å². The second kappa shape index (κ2) is 3.67. The van der Waals surface area contributed by atoms with Crippen molar-refractivity contribution in [3.63, 3.8) is 0 Å². The van der Waals surface area contributed by atoms with Crippen LogP contribution in [0.5, 0.6) is 0 Å². The van der Waals surface area contributed by atoms with E-state index in [1.165, 1.54) is 33.8 Å². The summed E-state index contributed by atoms with van der Waals surface area (Å²) in [5.41, 5.74) is 3.90. The fourth-order valence-electron chi connectivity index (χ4n) is 2.34. The summed E-state index contributed by atoms with van der Waals surface area (Å²) in [7, 11) is 0. The Hall–Kier alpha value is -1.76. The monoisotopic (exact) mass is 209 g/mol. The molecule has 0 unspecified atom stereocenters. The van der Waals surface area contributed by atoms with Crippen molar-refractivity contribution < 1.29 is 0 Å². The Labute approximate surface area is 95.1 Å². The summed E-state index contributed by atoms with van der Waals surface area (Å²) < 4.78 is 0. The number of aryl methyl sites for hydroxylation is 1. The molecule has 1 heteroatoms. The fraction of sp³-hybridized carbons (Fsp3) is 0.200. The molecule has 0 aliphatic carbocycles. The first-order chi connectivity index (χ1) is 7.88. The molecule has 0 radical (unpaired) electrons. The van der Waals surface area contributed by atoms with Gasteiger partial charge in [-0.05, 0) is 30.2 Å². The van der Waals surface area contributed by atoms with Crippen LogP contribution in [0, 0.1) is 0 Å². The summed E-state index contributed by atoms with van der Waals surface area (Å²) in [5, 5.41) is 2.68. The van der Waals surface area contributed by atoms with Gasteiger partial charge in [-0.25, -0.2) is 0 Å². The van der Waals surface area contributed by atoms with Gasteiger partial charge < -0.3 is 4.98 Å². The van der Waals surface area contributed by atoms with Crippen molar-refractivity contribution in [2.45, 2.75) is 19.8 Å². The quantitative estimate of drug-likeness (QED) is 0.648.